The second-order valence-corrected chi connectivity index (χ2v) is 3.88. The quantitative estimate of drug-likeness (QED) is 0.833. The van der Waals surface area contributed by atoms with Gasteiger partial charge in [0.15, 0.2) is 0 Å². The Hall–Kier alpha value is -2.56. The molecule has 1 aromatic carbocycles. The van der Waals surface area contributed by atoms with Crippen molar-refractivity contribution in [3.63, 3.8) is 0 Å². The molecule has 0 aliphatic carbocycles. The van der Waals surface area contributed by atoms with Crippen LogP contribution in [-0.2, 0) is 9.59 Å². The van der Waals surface area contributed by atoms with Crippen molar-refractivity contribution < 1.29 is 14.7 Å². The Labute approximate surface area is 111 Å². The summed E-state index contributed by atoms with van der Waals surface area (Å²) < 4.78 is 1.50. The van der Waals surface area contributed by atoms with Crippen molar-refractivity contribution in [3.05, 3.63) is 42.6 Å². The molecule has 1 heterocycles. The number of hydrogen-bond acceptors (Lipinski definition) is 2. The van der Waals surface area contributed by atoms with E-state index >= 15 is 0 Å². The van der Waals surface area contributed by atoms with Crippen LogP contribution in [0.5, 0.6) is 0 Å². The van der Waals surface area contributed by atoms with Crippen LogP contribution in [0.2, 0.25) is 0 Å². The van der Waals surface area contributed by atoms with Gasteiger partial charge in [-0.25, -0.2) is 4.79 Å². The van der Waals surface area contributed by atoms with E-state index in [1.165, 1.54) is 11.6 Å². The van der Waals surface area contributed by atoms with E-state index in [4.69, 9.17) is 5.11 Å². The zero-order chi connectivity index (χ0) is 13.3. The maximum atomic E-state index is 11.1. The molecule has 0 bridgehead atoms. The monoisotopic (exact) mass is 260 g/mol. The summed E-state index contributed by atoms with van der Waals surface area (Å²) in [5.74, 6) is -1.32. The smallest absolute Gasteiger partial charge is 0.335 e. The maximum Gasteiger partial charge on any atom is 0.335 e. The first kappa shape index (κ1) is 14.5. The highest BCUT2D eigenvalue weighted by Crippen LogP contribution is 2.25. The predicted molar refractivity (Wildman–Crippen MR) is 75.4 cm³/mol. The number of nitrogens with one attached hydrogen (secondary N) is 1. The zero-order valence-corrected chi connectivity index (χ0v) is 9.80. The van der Waals surface area contributed by atoms with Crippen molar-refractivity contribution in [2.24, 2.45) is 0 Å². The van der Waals surface area contributed by atoms with Crippen LogP contribution in [0.15, 0.2) is 37.0 Å². The van der Waals surface area contributed by atoms with E-state index in [-0.39, 0.29) is 18.9 Å². The van der Waals surface area contributed by atoms with Gasteiger partial charge in [-0.1, -0.05) is 32.2 Å². The molecule has 0 saturated heterocycles. The molecule has 0 fully saturated rings. The average molecular weight is 260 g/mol. The number of amides is 1. The summed E-state index contributed by atoms with van der Waals surface area (Å²) in [6.07, 6.45) is 1.56. The van der Waals surface area contributed by atoms with E-state index < -0.39 is 5.97 Å². The average Bonchev–Trinajstić information content (AvgIpc) is 2.67. The fourth-order valence-electron chi connectivity index (χ4n) is 1.80. The minimum atomic E-state index is -1.08. The Morgan fingerprint density at radius 2 is 1.95 bits per heavy atom. The Bertz CT molecular complexity index is 656. The lowest BCUT2D eigenvalue weighted by Crippen LogP contribution is -2.18. The van der Waals surface area contributed by atoms with Crippen LogP contribution >= 0.6 is 0 Å². The highest BCUT2D eigenvalue weighted by atomic mass is 16.4. The summed E-state index contributed by atoms with van der Waals surface area (Å²) in [4.78, 5) is 22.1. The molecular weight excluding hydrogens is 244 g/mol. The number of aromatic nitrogens is 1. The summed E-state index contributed by atoms with van der Waals surface area (Å²) >= 11 is 0. The van der Waals surface area contributed by atoms with E-state index in [0.717, 1.165) is 10.9 Å². The molecule has 0 unspecified atom stereocenters. The van der Waals surface area contributed by atoms with Crippen LogP contribution in [0.25, 0.3) is 16.5 Å². The molecule has 2 rings (SSSR count). The van der Waals surface area contributed by atoms with Gasteiger partial charge in [0.25, 0.3) is 0 Å². The summed E-state index contributed by atoms with van der Waals surface area (Å²) in [6.45, 7) is 4.93. The zero-order valence-electron chi connectivity index (χ0n) is 9.80. The first-order chi connectivity index (χ1) is 8.50. The van der Waals surface area contributed by atoms with Crippen LogP contribution in [0.3, 0.4) is 0 Å². The van der Waals surface area contributed by atoms with Gasteiger partial charge in [-0.05, 0) is 6.07 Å². The van der Waals surface area contributed by atoms with Gasteiger partial charge in [-0.3, -0.25) is 14.9 Å². The first-order valence-corrected chi connectivity index (χ1v) is 5.31. The van der Waals surface area contributed by atoms with E-state index in [1.54, 1.807) is 24.4 Å². The highest BCUT2D eigenvalue weighted by molar-refractivity contribution is 6.18. The van der Waals surface area contributed by atoms with Crippen molar-refractivity contribution >= 4 is 28.4 Å². The molecule has 5 nitrogen and oxygen atoms in total. The predicted octanol–water partition coefficient (Wildman–Crippen LogP) is 2.47. The van der Waals surface area contributed by atoms with Crippen LogP contribution in [0.4, 0.5) is 0 Å². The van der Waals surface area contributed by atoms with Gasteiger partial charge in [0.05, 0.1) is 11.1 Å². The molecule has 19 heavy (non-hydrogen) atoms. The summed E-state index contributed by atoms with van der Waals surface area (Å²) in [5, 5.41) is 9.72. The Balaban J connectivity index is 0.00000180. The molecule has 0 radical (unpaired) electrons. The standard InChI is InChI=1S/C13H12N2O3.CH4/c1-8(13(17)18)11-7-15(14-9(2)16)12-6-4-3-5-10(11)12;/h3-7H,1H2,2H3,(H,14,16)(H,17,18);1H4. The fraction of sp³-hybridized carbons (Fsp3) is 0.143. The van der Waals surface area contributed by atoms with E-state index in [0.29, 0.717) is 5.56 Å². The van der Waals surface area contributed by atoms with E-state index in [1.807, 2.05) is 6.07 Å². The van der Waals surface area contributed by atoms with Gasteiger partial charge < -0.3 is 5.11 Å². The van der Waals surface area contributed by atoms with Crippen LogP contribution < -0.4 is 5.43 Å². The minimum absolute atomic E-state index is 0. The molecule has 0 atom stereocenters. The van der Waals surface area contributed by atoms with Gasteiger partial charge in [0, 0.05) is 24.1 Å². The molecule has 5 heteroatoms. The number of carboxylic acids is 1. The van der Waals surface area contributed by atoms with Gasteiger partial charge in [-0.2, -0.15) is 0 Å². The molecule has 1 aromatic heterocycles. The van der Waals surface area contributed by atoms with Crippen LogP contribution in [0, 0.1) is 0 Å². The molecule has 0 spiro atoms. The molecular formula is C14H16N2O3. The molecule has 100 valence electrons. The lowest BCUT2D eigenvalue weighted by atomic mass is 10.1. The van der Waals surface area contributed by atoms with Crippen molar-refractivity contribution in [1.82, 2.24) is 4.68 Å². The third kappa shape index (κ3) is 2.65. The lowest BCUT2D eigenvalue weighted by Gasteiger charge is -2.03. The number of nitrogens with zero attached hydrogens (tertiary/aromatic N) is 1. The minimum Gasteiger partial charge on any atom is -0.478 e. The number of hydrogen-bond donors (Lipinski definition) is 2. The van der Waals surface area contributed by atoms with Crippen LogP contribution in [0.1, 0.15) is 19.9 Å². The molecule has 1 amide bonds. The number of carboxylic acid groups (broad SMARTS) is 1. The summed E-state index contributed by atoms with van der Waals surface area (Å²) in [5.41, 5.74) is 3.82. The van der Waals surface area contributed by atoms with Crippen molar-refractivity contribution in [2.75, 3.05) is 5.43 Å². The molecule has 2 N–H and O–H groups in total. The Kier molecular flexibility index (Phi) is 4.11. The first-order valence-electron chi connectivity index (χ1n) is 5.31. The molecule has 2 aromatic rings. The second kappa shape index (κ2) is 5.39. The molecule has 0 aliphatic heterocycles. The molecule has 0 aliphatic rings. The summed E-state index contributed by atoms with van der Waals surface area (Å²) in [7, 11) is 0. The maximum absolute atomic E-state index is 11.1. The van der Waals surface area contributed by atoms with E-state index in [2.05, 4.69) is 12.0 Å². The SMILES string of the molecule is C.C=C(C(=O)O)c1cn(NC(C)=O)c2ccccc12. The fourth-order valence-corrected chi connectivity index (χ4v) is 1.80. The van der Waals surface area contributed by atoms with Crippen molar-refractivity contribution in [2.45, 2.75) is 14.4 Å². The number of benzene rings is 1. The number of carbonyl (C=O) groups is 2. The number of rotatable bonds is 3. The Morgan fingerprint density at radius 3 is 2.53 bits per heavy atom. The number of aliphatic carboxylic acids is 1. The number of fused-ring (bicyclic) bond motifs is 1. The van der Waals surface area contributed by atoms with E-state index in [9.17, 15) is 9.59 Å². The van der Waals surface area contributed by atoms with Gasteiger partial charge in [0.1, 0.15) is 0 Å². The summed E-state index contributed by atoms with van der Waals surface area (Å²) in [6, 6.07) is 7.20. The van der Waals surface area contributed by atoms with Gasteiger partial charge >= 0.3 is 5.97 Å². The third-order valence-corrected chi connectivity index (χ3v) is 2.57. The van der Waals surface area contributed by atoms with Crippen molar-refractivity contribution in [3.8, 4) is 0 Å². The Morgan fingerprint density at radius 1 is 1.32 bits per heavy atom. The lowest BCUT2D eigenvalue weighted by molar-refractivity contribution is -0.130. The van der Waals surface area contributed by atoms with Crippen molar-refractivity contribution in [1.29, 1.82) is 0 Å². The third-order valence-electron chi connectivity index (χ3n) is 2.57. The second-order valence-electron chi connectivity index (χ2n) is 3.88. The topological polar surface area (TPSA) is 71.3 Å². The highest BCUT2D eigenvalue weighted by Gasteiger charge is 2.15. The van der Waals surface area contributed by atoms with Gasteiger partial charge in [-0.15, -0.1) is 0 Å². The van der Waals surface area contributed by atoms with Crippen LogP contribution in [-0.4, -0.2) is 21.7 Å². The normalized spacial score (nSPS) is 9.74. The molecule has 0 saturated carbocycles. The number of para-hydroxylation sites is 1. The number of carbonyl (C=O) groups excluding carboxylic acids is 1. The largest absolute Gasteiger partial charge is 0.478 e. The van der Waals surface area contributed by atoms with Gasteiger partial charge in [0.2, 0.25) is 5.91 Å².